The molecule has 2 aromatic rings. The number of rotatable bonds is 7. The van der Waals surface area contributed by atoms with E-state index in [1.54, 1.807) is 54.6 Å². The van der Waals surface area contributed by atoms with E-state index in [0.29, 0.717) is 18.4 Å². The Kier molecular flexibility index (Phi) is 7.62. The van der Waals surface area contributed by atoms with Gasteiger partial charge in [-0.1, -0.05) is 50.2 Å². The van der Waals surface area contributed by atoms with Crippen LogP contribution in [0.15, 0.2) is 53.6 Å². The van der Waals surface area contributed by atoms with Gasteiger partial charge in [-0.25, -0.2) is 0 Å². The van der Waals surface area contributed by atoms with Crippen LogP contribution in [0.3, 0.4) is 0 Å². The molecule has 0 spiro atoms. The van der Waals surface area contributed by atoms with Gasteiger partial charge in [0, 0.05) is 11.6 Å². The number of hydrazone groups is 1. The summed E-state index contributed by atoms with van der Waals surface area (Å²) in [7, 11) is 0. The molecule has 7 nitrogen and oxygen atoms in total. The van der Waals surface area contributed by atoms with Gasteiger partial charge in [0.15, 0.2) is 0 Å². The molecule has 0 atom stereocenters. The van der Waals surface area contributed by atoms with Gasteiger partial charge in [-0.3, -0.25) is 24.7 Å². The molecule has 1 N–H and O–H groups in total. The van der Waals surface area contributed by atoms with Crippen molar-refractivity contribution in [3.8, 4) is 6.07 Å². The van der Waals surface area contributed by atoms with Gasteiger partial charge in [-0.05, 0) is 25.0 Å². The van der Waals surface area contributed by atoms with Gasteiger partial charge in [-0.2, -0.15) is 10.4 Å². The maximum atomic E-state index is 12.9. The second-order valence-corrected chi connectivity index (χ2v) is 6.56. The fourth-order valence-electron chi connectivity index (χ4n) is 3.35. The first-order valence-electron chi connectivity index (χ1n) is 9.37. The van der Waals surface area contributed by atoms with Crippen molar-refractivity contribution < 1.29 is 30.9 Å². The van der Waals surface area contributed by atoms with Crippen LogP contribution < -0.4 is 5.43 Å². The molecule has 0 aromatic heterocycles. The van der Waals surface area contributed by atoms with E-state index in [9.17, 15) is 19.6 Å². The van der Waals surface area contributed by atoms with Gasteiger partial charge < -0.3 is 0 Å². The zero-order valence-corrected chi connectivity index (χ0v) is 17.5. The maximum absolute atomic E-state index is 12.9. The molecule has 1 aliphatic heterocycles. The molecule has 2 aromatic carbocycles. The molecule has 0 saturated heterocycles. The van der Waals surface area contributed by atoms with E-state index in [4.69, 9.17) is 0 Å². The summed E-state index contributed by atoms with van der Waals surface area (Å²) in [6.45, 7) is 3.85. The van der Waals surface area contributed by atoms with E-state index in [-0.39, 0.29) is 51.0 Å². The molecule has 0 saturated carbocycles. The largest absolute Gasteiger partial charge is 2.00 e. The second kappa shape index (κ2) is 9.95. The summed E-state index contributed by atoms with van der Waals surface area (Å²) in [5, 5.41) is 13.2. The van der Waals surface area contributed by atoms with Crippen LogP contribution in [-0.4, -0.2) is 34.3 Å². The molecular weight excluding hydrogens is 427 g/mol. The Morgan fingerprint density at radius 2 is 1.73 bits per heavy atom. The molecule has 2 amide bonds. The van der Waals surface area contributed by atoms with E-state index < -0.39 is 11.7 Å². The third-order valence-electron chi connectivity index (χ3n) is 4.90. The molecule has 3 rings (SSSR count). The summed E-state index contributed by atoms with van der Waals surface area (Å²) in [6, 6.07) is 14.7. The standard InChI is InChI=1S/C22H20N4O3.Ni/c1-3-15(4-2)26-21(28)16-11-8-12-17(19(16)22(26)29)24-25-18(13-23)20(27)14-9-6-5-7-10-14;/h5-12,15,24H,3-4H2,1-2H3;/q;+2. The molecule has 0 unspecified atom stereocenters. The number of amides is 2. The topological polar surface area (TPSA) is 103 Å². The number of fused-ring (bicyclic) bond motifs is 1. The average molecular weight is 447 g/mol. The van der Waals surface area contributed by atoms with Crippen molar-refractivity contribution in [1.82, 2.24) is 4.90 Å². The van der Waals surface area contributed by atoms with Gasteiger partial charge in [0.2, 0.25) is 11.5 Å². The van der Waals surface area contributed by atoms with Gasteiger partial charge in [-0.15, -0.1) is 0 Å². The van der Waals surface area contributed by atoms with Crippen LogP contribution in [0.2, 0.25) is 0 Å². The minimum atomic E-state index is -0.533. The predicted molar refractivity (Wildman–Crippen MR) is 109 cm³/mol. The van der Waals surface area contributed by atoms with Crippen molar-refractivity contribution >= 4 is 29.0 Å². The summed E-state index contributed by atoms with van der Waals surface area (Å²) >= 11 is 0. The van der Waals surface area contributed by atoms with Gasteiger partial charge in [0.1, 0.15) is 6.07 Å². The number of Topliss-reactive ketones (excluding diaryl/α,β-unsaturated/α-hetero) is 1. The number of nitriles is 1. The summed E-state index contributed by atoms with van der Waals surface area (Å²) in [6.07, 6.45) is 1.32. The number of nitrogens with zero attached hydrogens (tertiary/aromatic N) is 3. The Bertz CT molecular complexity index is 1040. The minimum Gasteiger partial charge on any atom is -0.286 e. The van der Waals surface area contributed by atoms with Crippen molar-refractivity contribution in [2.24, 2.45) is 5.10 Å². The Morgan fingerprint density at radius 3 is 2.33 bits per heavy atom. The summed E-state index contributed by atoms with van der Waals surface area (Å²) in [4.78, 5) is 39.4. The molecule has 0 bridgehead atoms. The molecule has 154 valence electrons. The molecule has 8 heteroatoms. The normalized spacial score (nSPS) is 13.0. The number of benzene rings is 2. The van der Waals surface area contributed by atoms with Crippen LogP contribution in [0.5, 0.6) is 0 Å². The molecule has 30 heavy (non-hydrogen) atoms. The van der Waals surface area contributed by atoms with Crippen LogP contribution in [0.1, 0.15) is 57.8 Å². The summed E-state index contributed by atoms with van der Waals surface area (Å²) in [5.74, 6) is -1.27. The van der Waals surface area contributed by atoms with Crippen molar-refractivity contribution in [3.63, 3.8) is 0 Å². The van der Waals surface area contributed by atoms with Crippen LogP contribution in [0, 0.1) is 11.3 Å². The van der Waals surface area contributed by atoms with E-state index in [2.05, 4.69) is 10.5 Å². The Balaban J connectivity index is 0.00000320. The van der Waals surface area contributed by atoms with Crippen LogP contribution >= 0.6 is 0 Å². The second-order valence-electron chi connectivity index (χ2n) is 6.56. The Labute approximate surface area is 184 Å². The van der Waals surface area contributed by atoms with Gasteiger partial charge >= 0.3 is 16.5 Å². The summed E-state index contributed by atoms with van der Waals surface area (Å²) in [5.41, 5.74) is 3.40. The van der Waals surface area contributed by atoms with Crippen molar-refractivity contribution in [3.05, 3.63) is 65.2 Å². The smallest absolute Gasteiger partial charge is 0.286 e. The van der Waals surface area contributed by atoms with Crippen molar-refractivity contribution in [2.75, 3.05) is 5.43 Å². The van der Waals surface area contributed by atoms with Gasteiger partial charge in [0.25, 0.3) is 11.8 Å². The zero-order valence-electron chi connectivity index (χ0n) is 16.5. The van der Waals surface area contributed by atoms with Gasteiger partial charge in [0.05, 0.1) is 16.8 Å². The molecule has 0 aliphatic carbocycles. The number of hydrogen-bond donors (Lipinski definition) is 1. The molecule has 1 aliphatic rings. The number of hydrogen-bond acceptors (Lipinski definition) is 6. The van der Waals surface area contributed by atoms with Crippen LogP contribution in [-0.2, 0) is 16.5 Å². The first-order valence-corrected chi connectivity index (χ1v) is 9.37. The Morgan fingerprint density at radius 1 is 1.07 bits per heavy atom. The molecule has 0 radical (unpaired) electrons. The first-order chi connectivity index (χ1) is 14.0. The van der Waals surface area contributed by atoms with E-state index in [1.807, 2.05) is 13.8 Å². The number of nitrogens with one attached hydrogen (secondary N) is 1. The monoisotopic (exact) mass is 446 g/mol. The molecular formula is C22H20N4NiO3+2. The van der Waals surface area contributed by atoms with Crippen molar-refractivity contribution in [2.45, 2.75) is 32.7 Å². The SMILES string of the molecule is CCC(CC)N1C(=O)c2cccc(NN=C(C#N)C(=O)c3ccccc3)c2C1=O.[Ni+2]. The third-order valence-corrected chi connectivity index (χ3v) is 4.90. The third kappa shape index (κ3) is 4.17. The van der Waals surface area contributed by atoms with E-state index in [0.717, 1.165) is 0 Å². The molecule has 1 heterocycles. The number of anilines is 1. The fraction of sp³-hybridized carbons (Fsp3) is 0.227. The van der Waals surface area contributed by atoms with E-state index in [1.165, 1.54) is 4.90 Å². The Hall–Kier alpha value is -3.30. The fourth-order valence-corrected chi connectivity index (χ4v) is 3.35. The molecule has 0 fully saturated rings. The number of imide groups is 1. The summed E-state index contributed by atoms with van der Waals surface area (Å²) < 4.78 is 0. The van der Waals surface area contributed by atoms with Crippen molar-refractivity contribution in [1.29, 1.82) is 5.26 Å². The van der Waals surface area contributed by atoms with Crippen LogP contribution in [0.4, 0.5) is 5.69 Å². The zero-order chi connectivity index (χ0) is 21.0. The minimum absolute atomic E-state index is 0. The number of ketones is 1. The van der Waals surface area contributed by atoms with Crippen LogP contribution in [0.25, 0.3) is 0 Å². The number of carbonyl (C=O) groups is 3. The number of carbonyl (C=O) groups excluding carboxylic acids is 3. The first kappa shape index (κ1) is 23.0. The average Bonchev–Trinajstić information content (AvgIpc) is 3.01. The predicted octanol–water partition coefficient (Wildman–Crippen LogP) is 3.64. The maximum Gasteiger partial charge on any atom is 2.00 e. The quantitative estimate of drug-likeness (QED) is 0.230. The van der Waals surface area contributed by atoms with E-state index >= 15 is 0 Å².